The number of hydrogen-bond acceptors (Lipinski definition) is 13. The summed E-state index contributed by atoms with van der Waals surface area (Å²) in [5, 5.41) is 7.92. The molecular weight excluding hydrogens is 606 g/mol. The van der Waals surface area contributed by atoms with Gasteiger partial charge in [-0.2, -0.15) is 0 Å². The van der Waals surface area contributed by atoms with E-state index in [9.17, 15) is 9.59 Å². The van der Waals surface area contributed by atoms with Crippen LogP contribution in [0.3, 0.4) is 0 Å². The van der Waals surface area contributed by atoms with Gasteiger partial charge in [-0.15, -0.1) is 11.8 Å². The van der Waals surface area contributed by atoms with Gasteiger partial charge in [0.05, 0.1) is 18.7 Å². The second kappa shape index (κ2) is 13.2. The lowest BCUT2D eigenvalue weighted by molar-refractivity contribution is -0.370. The van der Waals surface area contributed by atoms with Crippen LogP contribution in [0.25, 0.3) is 0 Å². The number of nitrogens with zero attached hydrogens (tertiary/aromatic N) is 2. The molecule has 3 fully saturated rings. The van der Waals surface area contributed by atoms with Gasteiger partial charge in [0, 0.05) is 11.8 Å². The SMILES string of the molecule is C=CCOc1cc([C@@H](CCC)NC(=O)C2(C)CSC(/C(C)=N/O[C@H]3O[C@@H]4COC(C)(C)O[C@H]4[C@@H]4OC(C)(C)O[C@H]34)=N2)oc(=O)c1. The summed E-state index contributed by atoms with van der Waals surface area (Å²) < 4.78 is 41.5. The van der Waals surface area contributed by atoms with Gasteiger partial charge in [0.1, 0.15) is 52.7 Å². The molecule has 4 aliphatic rings. The first kappa shape index (κ1) is 33.6. The molecule has 14 heteroatoms. The lowest BCUT2D eigenvalue weighted by atomic mass is 9.97. The van der Waals surface area contributed by atoms with Crippen LogP contribution in [0.1, 0.15) is 73.1 Å². The first-order valence-electron chi connectivity index (χ1n) is 15.2. The highest BCUT2D eigenvalue weighted by Gasteiger charge is 2.59. The molecule has 0 spiro atoms. The van der Waals surface area contributed by atoms with Gasteiger partial charge >= 0.3 is 5.63 Å². The number of aliphatic imine (C=N–C) groups is 1. The number of amides is 1. The predicted octanol–water partition coefficient (Wildman–Crippen LogP) is 3.86. The van der Waals surface area contributed by atoms with E-state index >= 15 is 0 Å². The third-order valence-electron chi connectivity index (χ3n) is 7.73. The Bertz CT molecular complexity index is 1390. The first-order chi connectivity index (χ1) is 21.2. The fourth-order valence-corrected chi connectivity index (χ4v) is 6.69. The molecule has 1 aromatic heterocycles. The van der Waals surface area contributed by atoms with Crippen molar-refractivity contribution >= 4 is 28.4 Å². The zero-order valence-corrected chi connectivity index (χ0v) is 27.6. The molecule has 248 valence electrons. The molecule has 1 aromatic rings. The van der Waals surface area contributed by atoms with Crippen LogP contribution >= 0.6 is 11.8 Å². The number of thioether (sulfide) groups is 1. The average molecular weight is 650 g/mol. The van der Waals surface area contributed by atoms with E-state index in [2.05, 4.69) is 17.1 Å². The quantitative estimate of drug-likeness (QED) is 0.212. The summed E-state index contributed by atoms with van der Waals surface area (Å²) in [5.74, 6) is -0.901. The Kier molecular flexibility index (Phi) is 9.83. The summed E-state index contributed by atoms with van der Waals surface area (Å²) in [6.07, 6.45) is 0.137. The van der Waals surface area contributed by atoms with Gasteiger partial charge in [0.15, 0.2) is 17.7 Å². The highest BCUT2D eigenvalue weighted by molar-refractivity contribution is 8.16. The number of carbonyl (C=O) groups excluding carboxylic acids is 1. The lowest BCUT2D eigenvalue weighted by Crippen LogP contribution is -2.63. The fraction of sp³-hybridized carbons (Fsp3) is 0.677. The monoisotopic (exact) mass is 649 g/mol. The summed E-state index contributed by atoms with van der Waals surface area (Å²) >= 11 is 1.40. The van der Waals surface area contributed by atoms with E-state index in [-0.39, 0.29) is 12.5 Å². The van der Waals surface area contributed by atoms with Gasteiger partial charge < -0.3 is 43.0 Å². The van der Waals surface area contributed by atoms with E-state index in [1.807, 2.05) is 34.6 Å². The van der Waals surface area contributed by atoms with E-state index in [0.717, 1.165) is 6.42 Å². The van der Waals surface area contributed by atoms with Crippen LogP contribution in [0.2, 0.25) is 0 Å². The van der Waals surface area contributed by atoms with Gasteiger partial charge in [-0.25, -0.2) is 4.79 Å². The Hall–Kier alpha value is -2.75. The molecule has 7 atom stereocenters. The van der Waals surface area contributed by atoms with Crippen LogP contribution in [0.4, 0.5) is 0 Å². The number of rotatable bonds is 11. The highest BCUT2D eigenvalue weighted by Crippen LogP contribution is 2.42. The Morgan fingerprint density at radius 1 is 1.18 bits per heavy atom. The Morgan fingerprint density at radius 2 is 1.91 bits per heavy atom. The first-order valence-corrected chi connectivity index (χ1v) is 16.2. The number of oxime groups is 1. The Labute approximate surface area is 267 Å². The third-order valence-corrected chi connectivity index (χ3v) is 9.10. The largest absolute Gasteiger partial charge is 0.489 e. The summed E-state index contributed by atoms with van der Waals surface area (Å²) in [4.78, 5) is 36.4. The zero-order chi connectivity index (χ0) is 32.6. The zero-order valence-electron chi connectivity index (χ0n) is 26.8. The average Bonchev–Trinajstić information content (AvgIpc) is 3.54. The van der Waals surface area contributed by atoms with Crippen LogP contribution in [-0.4, -0.2) is 83.4 Å². The minimum absolute atomic E-state index is 0.236. The minimum atomic E-state index is -1.09. The van der Waals surface area contributed by atoms with Crippen LogP contribution in [-0.2, 0) is 33.3 Å². The molecule has 1 unspecified atom stereocenters. The number of carbonyl (C=O) groups is 1. The molecule has 3 saturated heterocycles. The number of nitrogens with one attached hydrogen (secondary N) is 1. The van der Waals surface area contributed by atoms with Gasteiger partial charge in [-0.3, -0.25) is 9.79 Å². The van der Waals surface area contributed by atoms with Crippen molar-refractivity contribution in [2.24, 2.45) is 10.1 Å². The molecule has 0 saturated carbocycles. The molecule has 4 aliphatic heterocycles. The van der Waals surface area contributed by atoms with Crippen molar-refractivity contribution in [3.8, 4) is 5.75 Å². The van der Waals surface area contributed by atoms with Crippen molar-refractivity contribution in [2.75, 3.05) is 19.0 Å². The Morgan fingerprint density at radius 3 is 2.64 bits per heavy atom. The molecule has 5 rings (SSSR count). The summed E-state index contributed by atoms with van der Waals surface area (Å²) in [7, 11) is 0. The van der Waals surface area contributed by atoms with Gasteiger partial charge in [0.2, 0.25) is 5.91 Å². The van der Waals surface area contributed by atoms with E-state index in [1.165, 1.54) is 17.8 Å². The number of hydrogen-bond donors (Lipinski definition) is 1. The second-order valence-electron chi connectivity index (χ2n) is 12.6. The van der Waals surface area contributed by atoms with E-state index in [4.69, 9.17) is 42.7 Å². The molecule has 1 amide bonds. The van der Waals surface area contributed by atoms with Crippen molar-refractivity contribution in [1.29, 1.82) is 0 Å². The maximum atomic E-state index is 13.6. The van der Waals surface area contributed by atoms with Crippen molar-refractivity contribution < 1.29 is 42.5 Å². The maximum Gasteiger partial charge on any atom is 0.339 e. The predicted molar refractivity (Wildman–Crippen MR) is 166 cm³/mol. The van der Waals surface area contributed by atoms with E-state index in [0.29, 0.717) is 41.0 Å². The molecule has 0 aromatic carbocycles. The topological polar surface area (TPSA) is 149 Å². The van der Waals surface area contributed by atoms with Crippen LogP contribution in [0.5, 0.6) is 5.75 Å². The van der Waals surface area contributed by atoms with Crippen molar-refractivity contribution in [1.82, 2.24) is 5.32 Å². The van der Waals surface area contributed by atoms with Gasteiger partial charge in [-0.1, -0.05) is 31.2 Å². The second-order valence-corrected chi connectivity index (χ2v) is 13.6. The van der Waals surface area contributed by atoms with Crippen molar-refractivity contribution in [2.45, 2.75) is 115 Å². The smallest absolute Gasteiger partial charge is 0.339 e. The van der Waals surface area contributed by atoms with Crippen molar-refractivity contribution in [3.63, 3.8) is 0 Å². The fourth-order valence-electron chi connectivity index (χ4n) is 5.57. The molecule has 1 N–H and O–H groups in total. The van der Waals surface area contributed by atoms with Crippen molar-refractivity contribution in [3.05, 3.63) is 41.0 Å². The molecule has 5 heterocycles. The highest BCUT2D eigenvalue weighted by atomic mass is 32.2. The van der Waals surface area contributed by atoms with Crippen LogP contribution in [0.15, 0.2) is 44.1 Å². The molecule has 0 radical (unpaired) electrons. The number of ether oxygens (including phenoxy) is 6. The standard InChI is InChI=1S/C31H43N3O10S/c1-9-11-19(20-13-18(37-12-10-2)14-22(35)39-20)32-28(36)31(8)16-45-26(33-31)17(3)34-44-27-25-24(42-30(6,7)43-25)23-21(40-27)15-38-29(4,5)41-23/h10,13-14,19,21,23-25,27H,2,9,11-12,15-16H2,1,3-8H3,(H,32,36)/b34-17+/t19-,21-,23-,24+,25+,27-,31?/m1/s1. The van der Waals surface area contributed by atoms with Crippen LogP contribution < -0.4 is 15.7 Å². The molecule has 0 bridgehead atoms. The van der Waals surface area contributed by atoms with E-state index < -0.39 is 59.5 Å². The molecule has 13 nitrogen and oxygen atoms in total. The van der Waals surface area contributed by atoms with Gasteiger partial charge in [-0.05, 0) is 48.0 Å². The van der Waals surface area contributed by atoms with Gasteiger partial charge in [0.25, 0.3) is 6.29 Å². The molecular formula is C31H43N3O10S. The van der Waals surface area contributed by atoms with Crippen LogP contribution in [0, 0.1) is 0 Å². The summed E-state index contributed by atoms with van der Waals surface area (Å²) in [6.45, 7) is 17.0. The van der Waals surface area contributed by atoms with E-state index in [1.54, 1.807) is 26.0 Å². The summed E-state index contributed by atoms with van der Waals surface area (Å²) in [5.41, 5.74) is -1.17. The molecule has 0 aliphatic carbocycles. The number of fused-ring (bicyclic) bond motifs is 3. The minimum Gasteiger partial charge on any atom is -0.489 e. The summed E-state index contributed by atoms with van der Waals surface area (Å²) in [6, 6.07) is 2.33. The maximum absolute atomic E-state index is 13.6. The third kappa shape index (κ3) is 7.63. The normalized spacial score (nSPS) is 32.6. The Balaban J connectivity index is 1.27. The molecule has 45 heavy (non-hydrogen) atoms. The lowest BCUT2D eigenvalue weighted by Gasteiger charge is -2.47.